The molecule has 378 valence electrons. The lowest BCUT2D eigenvalue weighted by Gasteiger charge is -2.25. The average Bonchev–Trinajstić information content (AvgIpc) is 3.27. The number of hydrogen-bond donors (Lipinski definition) is 4. The quantitative estimate of drug-likeness (QED) is 0.0353. The third-order valence-electron chi connectivity index (χ3n) is 13.2. The molecular formula is C54H111N2O6P. The maximum atomic E-state index is 12.9. The van der Waals surface area contributed by atoms with E-state index < -0.39 is 20.0 Å². The van der Waals surface area contributed by atoms with Crippen molar-refractivity contribution >= 4 is 13.7 Å². The van der Waals surface area contributed by atoms with Crippen molar-refractivity contribution in [2.75, 3.05) is 19.8 Å². The van der Waals surface area contributed by atoms with E-state index in [2.05, 4.69) is 19.2 Å². The van der Waals surface area contributed by atoms with Crippen molar-refractivity contribution < 1.29 is 28.4 Å². The van der Waals surface area contributed by atoms with Crippen LogP contribution in [0.25, 0.3) is 0 Å². The van der Waals surface area contributed by atoms with Gasteiger partial charge in [-0.25, -0.2) is 4.57 Å². The van der Waals surface area contributed by atoms with Crippen LogP contribution in [0.1, 0.15) is 309 Å². The standard InChI is InChI=1S/C54H111N2O6P/c1-3-5-7-9-11-13-15-17-19-20-21-22-23-24-25-26-27-28-29-30-31-32-33-34-36-38-40-42-44-46-48-54(58)56-52(51-62-63(59,60)61-50-49-55)53(57)47-45-43-41-39-37-35-18-16-14-12-10-8-6-4-2/h52-53,57H,3-51,55H2,1-2H3,(H,56,58)(H,59,60)/t52-,53+/m0/s1. The molecule has 0 aromatic carbocycles. The number of nitrogens with one attached hydrogen (secondary N) is 1. The Hall–Kier alpha value is -0.500. The van der Waals surface area contributed by atoms with E-state index in [1.165, 1.54) is 244 Å². The van der Waals surface area contributed by atoms with Gasteiger partial charge >= 0.3 is 7.82 Å². The number of nitrogens with two attached hydrogens (primary N) is 1. The predicted octanol–water partition coefficient (Wildman–Crippen LogP) is 16.9. The van der Waals surface area contributed by atoms with E-state index in [0.717, 1.165) is 38.5 Å². The number of phosphoric acid groups is 1. The van der Waals surface area contributed by atoms with Crippen molar-refractivity contribution in [2.24, 2.45) is 5.73 Å². The van der Waals surface area contributed by atoms with Crippen molar-refractivity contribution in [3.8, 4) is 0 Å². The SMILES string of the molecule is CCCCCCCCCCCCCCCCCCCCCCCCCCCCCCCCC(=O)N[C@@H](COP(=O)(O)OCCN)[C@H](O)CCCCCCCCCCCCCCCC. The van der Waals surface area contributed by atoms with Crippen LogP contribution < -0.4 is 11.1 Å². The summed E-state index contributed by atoms with van der Waals surface area (Å²) in [5.41, 5.74) is 5.40. The van der Waals surface area contributed by atoms with Crippen LogP contribution in [0.2, 0.25) is 0 Å². The highest BCUT2D eigenvalue weighted by Crippen LogP contribution is 2.43. The van der Waals surface area contributed by atoms with Crippen LogP contribution in [0.5, 0.6) is 0 Å². The zero-order valence-corrected chi connectivity index (χ0v) is 43.2. The van der Waals surface area contributed by atoms with Gasteiger partial charge in [0.2, 0.25) is 5.91 Å². The summed E-state index contributed by atoms with van der Waals surface area (Å²) >= 11 is 0. The maximum absolute atomic E-state index is 12.9. The second-order valence-corrected chi connectivity index (χ2v) is 21.0. The number of hydrogen-bond acceptors (Lipinski definition) is 6. The Kier molecular flexibility index (Phi) is 50.5. The highest BCUT2D eigenvalue weighted by molar-refractivity contribution is 7.47. The summed E-state index contributed by atoms with van der Waals surface area (Å²) in [6.45, 7) is 4.26. The summed E-state index contributed by atoms with van der Waals surface area (Å²) in [7, 11) is -4.31. The lowest BCUT2D eigenvalue weighted by Crippen LogP contribution is -2.46. The molecule has 8 nitrogen and oxygen atoms in total. The van der Waals surface area contributed by atoms with Crippen molar-refractivity contribution in [3.05, 3.63) is 0 Å². The summed E-state index contributed by atoms with van der Waals surface area (Å²) in [6.07, 6.45) is 58.7. The molecule has 0 saturated carbocycles. The fourth-order valence-electron chi connectivity index (χ4n) is 8.97. The van der Waals surface area contributed by atoms with Crippen LogP contribution in [0.3, 0.4) is 0 Å². The van der Waals surface area contributed by atoms with Crippen LogP contribution in [0.4, 0.5) is 0 Å². The fourth-order valence-corrected chi connectivity index (χ4v) is 9.73. The Morgan fingerprint density at radius 2 is 0.730 bits per heavy atom. The molecule has 0 fully saturated rings. The summed E-state index contributed by atoms with van der Waals surface area (Å²) in [5, 5.41) is 13.9. The average molecular weight is 915 g/mol. The number of aliphatic hydroxyl groups excluding tert-OH is 1. The molecule has 0 rings (SSSR count). The van der Waals surface area contributed by atoms with Gasteiger partial charge in [0.1, 0.15) is 0 Å². The van der Waals surface area contributed by atoms with Crippen LogP contribution in [0.15, 0.2) is 0 Å². The Morgan fingerprint density at radius 3 is 1.02 bits per heavy atom. The molecule has 63 heavy (non-hydrogen) atoms. The van der Waals surface area contributed by atoms with E-state index in [4.69, 9.17) is 14.8 Å². The molecule has 0 aromatic rings. The molecular weight excluding hydrogens is 804 g/mol. The van der Waals surface area contributed by atoms with Crippen LogP contribution in [0, 0.1) is 0 Å². The minimum atomic E-state index is -4.31. The molecule has 3 atom stereocenters. The van der Waals surface area contributed by atoms with E-state index in [9.17, 15) is 19.4 Å². The Bertz CT molecular complexity index is 957. The van der Waals surface area contributed by atoms with Crippen molar-refractivity contribution in [2.45, 2.75) is 321 Å². The fraction of sp³-hybridized carbons (Fsp3) is 0.981. The smallest absolute Gasteiger partial charge is 0.391 e. The molecule has 0 bridgehead atoms. The van der Waals surface area contributed by atoms with Gasteiger partial charge in [0, 0.05) is 13.0 Å². The van der Waals surface area contributed by atoms with Gasteiger partial charge in [-0.15, -0.1) is 0 Å². The van der Waals surface area contributed by atoms with Gasteiger partial charge < -0.3 is 21.1 Å². The van der Waals surface area contributed by atoms with Gasteiger partial charge in [0.05, 0.1) is 25.4 Å². The summed E-state index contributed by atoms with van der Waals surface area (Å²) in [6, 6.07) is -0.769. The topological polar surface area (TPSA) is 131 Å². The first-order valence-corrected chi connectivity index (χ1v) is 29.6. The van der Waals surface area contributed by atoms with Crippen LogP contribution in [-0.2, 0) is 18.4 Å². The molecule has 9 heteroatoms. The van der Waals surface area contributed by atoms with Gasteiger partial charge in [0.25, 0.3) is 0 Å². The van der Waals surface area contributed by atoms with Gasteiger partial charge in [-0.3, -0.25) is 13.8 Å². The first kappa shape index (κ1) is 62.5. The number of phosphoric ester groups is 1. The molecule has 0 aliphatic heterocycles. The van der Waals surface area contributed by atoms with Crippen molar-refractivity contribution in [3.63, 3.8) is 0 Å². The molecule has 0 radical (unpaired) electrons. The number of carbonyl (C=O) groups is 1. The third-order valence-corrected chi connectivity index (χ3v) is 14.2. The lowest BCUT2D eigenvalue weighted by molar-refractivity contribution is -0.123. The van der Waals surface area contributed by atoms with Crippen LogP contribution >= 0.6 is 7.82 Å². The number of unbranched alkanes of at least 4 members (excludes halogenated alkanes) is 42. The molecule has 0 heterocycles. The van der Waals surface area contributed by atoms with Crippen molar-refractivity contribution in [1.29, 1.82) is 0 Å². The first-order valence-electron chi connectivity index (χ1n) is 28.2. The Labute approximate surface area is 392 Å². The zero-order valence-electron chi connectivity index (χ0n) is 42.4. The molecule has 1 amide bonds. The van der Waals surface area contributed by atoms with E-state index >= 15 is 0 Å². The number of amides is 1. The molecule has 0 aliphatic rings. The second-order valence-electron chi connectivity index (χ2n) is 19.5. The monoisotopic (exact) mass is 915 g/mol. The van der Waals surface area contributed by atoms with Gasteiger partial charge in [0.15, 0.2) is 0 Å². The third kappa shape index (κ3) is 49.2. The van der Waals surface area contributed by atoms with E-state index in [0.29, 0.717) is 12.8 Å². The van der Waals surface area contributed by atoms with E-state index in [1.807, 2.05) is 0 Å². The minimum absolute atomic E-state index is 0.0928. The molecule has 0 spiro atoms. The van der Waals surface area contributed by atoms with Crippen molar-refractivity contribution in [1.82, 2.24) is 5.32 Å². The zero-order chi connectivity index (χ0) is 46.0. The number of carbonyl (C=O) groups excluding carboxylic acids is 1. The Morgan fingerprint density at radius 1 is 0.460 bits per heavy atom. The van der Waals surface area contributed by atoms with Gasteiger partial charge in [-0.1, -0.05) is 290 Å². The highest BCUT2D eigenvalue weighted by atomic mass is 31.2. The molecule has 5 N–H and O–H groups in total. The van der Waals surface area contributed by atoms with E-state index in [-0.39, 0.29) is 25.7 Å². The normalized spacial score (nSPS) is 13.7. The number of rotatable bonds is 54. The maximum Gasteiger partial charge on any atom is 0.472 e. The number of aliphatic hydroxyl groups is 1. The molecule has 1 unspecified atom stereocenters. The summed E-state index contributed by atoms with van der Waals surface area (Å²) in [5.74, 6) is -0.153. The first-order chi connectivity index (χ1) is 30.9. The van der Waals surface area contributed by atoms with Crippen LogP contribution in [-0.4, -0.2) is 47.8 Å². The molecule has 0 aliphatic carbocycles. The second kappa shape index (κ2) is 50.9. The Balaban J connectivity index is 3.82. The van der Waals surface area contributed by atoms with E-state index in [1.54, 1.807) is 0 Å². The van der Waals surface area contributed by atoms with Gasteiger partial charge in [-0.05, 0) is 12.8 Å². The molecule has 0 saturated heterocycles. The van der Waals surface area contributed by atoms with Gasteiger partial charge in [-0.2, -0.15) is 0 Å². The molecule has 0 aromatic heterocycles. The predicted molar refractivity (Wildman–Crippen MR) is 272 cm³/mol. The largest absolute Gasteiger partial charge is 0.472 e. The summed E-state index contributed by atoms with van der Waals surface area (Å²) < 4.78 is 22.3. The minimum Gasteiger partial charge on any atom is -0.391 e. The summed E-state index contributed by atoms with van der Waals surface area (Å²) in [4.78, 5) is 22.9. The lowest BCUT2D eigenvalue weighted by atomic mass is 10.0. The highest BCUT2D eigenvalue weighted by Gasteiger charge is 2.27.